The highest BCUT2D eigenvalue weighted by Crippen LogP contribution is 2.04. The van der Waals surface area contributed by atoms with Crippen LogP contribution < -0.4 is 4.73 Å². The van der Waals surface area contributed by atoms with Gasteiger partial charge in [0.2, 0.25) is 0 Å². The minimum atomic E-state index is -0.657. The van der Waals surface area contributed by atoms with Crippen LogP contribution in [-0.2, 0) is 17.9 Å². The van der Waals surface area contributed by atoms with Gasteiger partial charge in [-0.1, -0.05) is 35.5 Å². The second-order valence-electron chi connectivity index (χ2n) is 4.72. The van der Waals surface area contributed by atoms with E-state index in [1.165, 1.54) is 24.7 Å². The normalized spacial score (nSPS) is 10.4. The quantitative estimate of drug-likeness (QED) is 0.391. The number of benzene rings is 1. The molecule has 0 unspecified atom stereocenters. The molecule has 0 spiro atoms. The molecule has 2 heterocycles. The highest BCUT2D eigenvalue weighted by molar-refractivity contribution is 5.86. The van der Waals surface area contributed by atoms with Gasteiger partial charge in [-0.05, 0) is 10.5 Å². The van der Waals surface area contributed by atoms with Crippen LogP contribution in [0.25, 0.3) is 0 Å². The number of nitrogens with zero attached hydrogens (tertiary/aromatic N) is 5. The van der Waals surface area contributed by atoms with Gasteiger partial charge >= 0.3 is 11.8 Å². The number of carbonyl (C=O) groups is 1. The molecule has 0 saturated heterocycles. The predicted octanol–water partition coefficient (Wildman–Crippen LogP) is 0.712. The molecule has 0 saturated carbocycles. The second kappa shape index (κ2) is 6.65. The average Bonchev–Trinajstić information content (AvgIpc) is 3.03. The lowest BCUT2D eigenvalue weighted by Gasteiger charge is -2.04. The number of carbonyl (C=O) groups excluding carboxylic acids is 1. The summed E-state index contributed by atoms with van der Waals surface area (Å²) < 4.78 is 7.10. The van der Waals surface area contributed by atoms with Crippen LogP contribution >= 0.6 is 0 Å². The van der Waals surface area contributed by atoms with Crippen LogP contribution in [0, 0.1) is 5.21 Å². The highest BCUT2D eigenvalue weighted by atomic mass is 16.5. The summed E-state index contributed by atoms with van der Waals surface area (Å²) in [4.78, 5) is 15.8. The fraction of sp³-hybridized carbons (Fsp3) is 0.133. The number of hydrogen-bond acceptors (Lipinski definition) is 6. The number of ether oxygens (including phenoxy) is 1. The van der Waals surface area contributed by atoms with E-state index in [-0.39, 0.29) is 18.1 Å². The zero-order chi connectivity index (χ0) is 16.1. The Morgan fingerprint density at radius 3 is 2.87 bits per heavy atom. The smallest absolute Gasteiger partial charge is 0.361 e. The van der Waals surface area contributed by atoms with Gasteiger partial charge in [0.1, 0.15) is 6.20 Å². The van der Waals surface area contributed by atoms with Gasteiger partial charge < -0.3 is 9.94 Å². The van der Waals surface area contributed by atoms with Crippen molar-refractivity contribution >= 4 is 5.97 Å². The van der Waals surface area contributed by atoms with Crippen molar-refractivity contribution in [3.63, 3.8) is 0 Å². The summed E-state index contributed by atoms with van der Waals surface area (Å²) in [5.74, 6) is -0.563. The van der Waals surface area contributed by atoms with Crippen molar-refractivity contribution in [2.24, 2.45) is 0 Å². The minimum Gasteiger partial charge on any atom is -0.711 e. The maximum atomic E-state index is 11.9. The van der Waals surface area contributed by atoms with Gasteiger partial charge in [-0.25, -0.2) is 14.2 Å². The van der Waals surface area contributed by atoms with Crippen molar-refractivity contribution in [3.05, 3.63) is 77.3 Å². The SMILES string of the molecule is O=C(OCc1nccc[n+]1[O-])c1cn(Cc2ccccc2)nn1. The summed E-state index contributed by atoms with van der Waals surface area (Å²) in [6.45, 7) is 0.274. The first-order chi connectivity index (χ1) is 11.2. The van der Waals surface area contributed by atoms with Crippen LogP contribution in [0.1, 0.15) is 21.9 Å². The first-order valence-corrected chi connectivity index (χ1v) is 6.86. The zero-order valence-electron chi connectivity index (χ0n) is 12.1. The maximum Gasteiger partial charge on any atom is 0.361 e. The van der Waals surface area contributed by atoms with Crippen LogP contribution in [0.2, 0.25) is 0 Å². The predicted molar refractivity (Wildman–Crippen MR) is 77.9 cm³/mol. The average molecular weight is 311 g/mol. The third-order valence-corrected chi connectivity index (χ3v) is 3.05. The van der Waals surface area contributed by atoms with Gasteiger partial charge in [-0.15, -0.1) is 5.10 Å². The van der Waals surface area contributed by atoms with E-state index in [0.717, 1.165) is 5.56 Å². The van der Waals surface area contributed by atoms with Gasteiger partial charge in [-0.2, -0.15) is 0 Å². The summed E-state index contributed by atoms with van der Waals surface area (Å²) in [6, 6.07) is 11.2. The summed E-state index contributed by atoms with van der Waals surface area (Å²) in [5.41, 5.74) is 1.12. The van der Waals surface area contributed by atoms with E-state index in [2.05, 4.69) is 15.3 Å². The summed E-state index contributed by atoms with van der Waals surface area (Å²) in [5, 5.41) is 19.1. The van der Waals surface area contributed by atoms with E-state index in [9.17, 15) is 10.0 Å². The monoisotopic (exact) mass is 311 g/mol. The standard InChI is InChI=1S/C15H13N5O3/c21-15(23-11-14-16-7-4-8-20(14)22)13-10-19(18-17-13)9-12-5-2-1-3-6-12/h1-8,10H,9,11H2. The molecule has 0 bridgehead atoms. The number of hydrogen-bond donors (Lipinski definition) is 0. The van der Waals surface area contributed by atoms with Gasteiger partial charge in [0.25, 0.3) is 0 Å². The Balaban J connectivity index is 1.61. The number of esters is 1. The van der Waals surface area contributed by atoms with Crippen LogP contribution in [-0.4, -0.2) is 25.9 Å². The fourth-order valence-corrected chi connectivity index (χ4v) is 1.93. The second-order valence-corrected chi connectivity index (χ2v) is 4.72. The molecule has 2 aromatic heterocycles. The van der Waals surface area contributed by atoms with Crippen LogP contribution in [0.3, 0.4) is 0 Å². The molecule has 0 amide bonds. The Morgan fingerprint density at radius 2 is 2.09 bits per heavy atom. The molecule has 1 aromatic carbocycles. The van der Waals surface area contributed by atoms with Crippen molar-refractivity contribution in [2.75, 3.05) is 0 Å². The zero-order valence-corrected chi connectivity index (χ0v) is 12.1. The van der Waals surface area contributed by atoms with E-state index < -0.39 is 5.97 Å². The highest BCUT2D eigenvalue weighted by Gasteiger charge is 2.15. The minimum absolute atomic E-state index is 0.0781. The van der Waals surface area contributed by atoms with Crippen LogP contribution in [0.15, 0.2) is 55.0 Å². The van der Waals surface area contributed by atoms with Crippen molar-refractivity contribution in [3.8, 4) is 0 Å². The third-order valence-electron chi connectivity index (χ3n) is 3.05. The number of rotatable bonds is 5. The lowest BCUT2D eigenvalue weighted by atomic mass is 10.2. The fourth-order valence-electron chi connectivity index (χ4n) is 1.93. The Kier molecular flexibility index (Phi) is 4.23. The Morgan fingerprint density at radius 1 is 1.26 bits per heavy atom. The van der Waals surface area contributed by atoms with Crippen molar-refractivity contribution in [2.45, 2.75) is 13.2 Å². The molecule has 0 radical (unpaired) electrons. The van der Waals surface area contributed by atoms with Crippen LogP contribution in [0.5, 0.6) is 0 Å². The molecule has 3 aromatic rings. The summed E-state index contributed by atoms with van der Waals surface area (Å²) in [6.07, 6.45) is 4.24. The molecule has 0 atom stereocenters. The number of aromatic nitrogens is 5. The van der Waals surface area contributed by atoms with Gasteiger partial charge in [0.05, 0.1) is 18.9 Å². The first-order valence-electron chi connectivity index (χ1n) is 6.86. The lowest BCUT2D eigenvalue weighted by Crippen LogP contribution is -2.33. The Labute approximate surface area is 131 Å². The van der Waals surface area contributed by atoms with Crippen LogP contribution in [0.4, 0.5) is 0 Å². The molecule has 23 heavy (non-hydrogen) atoms. The molecule has 0 N–H and O–H groups in total. The summed E-state index contributed by atoms with van der Waals surface area (Å²) in [7, 11) is 0. The Hall–Kier alpha value is -3.29. The molecule has 0 aliphatic heterocycles. The van der Waals surface area contributed by atoms with E-state index in [1.807, 2.05) is 30.3 Å². The molecule has 8 nitrogen and oxygen atoms in total. The first kappa shape index (κ1) is 14.6. The van der Waals surface area contributed by atoms with Crippen molar-refractivity contribution in [1.82, 2.24) is 20.0 Å². The van der Waals surface area contributed by atoms with Crippen molar-refractivity contribution in [1.29, 1.82) is 0 Å². The maximum absolute atomic E-state index is 11.9. The lowest BCUT2D eigenvalue weighted by molar-refractivity contribution is -0.620. The Bertz CT molecular complexity index is 804. The van der Waals surface area contributed by atoms with E-state index in [4.69, 9.17) is 4.74 Å². The molecular formula is C15H13N5O3. The molecule has 0 fully saturated rings. The molecule has 0 aliphatic rings. The van der Waals surface area contributed by atoms with E-state index in [1.54, 1.807) is 4.68 Å². The summed E-state index contributed by atoms with van der Waals surface area (Å²) >= 11 is 0. The van der Waals surface area contributed by atoms with E-state index >= 15 is 0 Å². The third kappa shape index (κ3) is 3.67. The van der Waals surface area contributed by atoms with Gasteiger partial charge in [0, 0.05) is 6.07 Å². The van der Waals surface area contributed by atoms with Gasteiger partial charge in [0.15, 0.2) is 12.3 Å². The topological polar surface area (TPSA) is 96.8 Å². The molecular weight excluding hydrogens is 298 g/mol. The molecule has 8 heteroatoms. The van der Waals surface area contributed by atoms with E-state index in [0.29, 0.717) is 11.3 Å². The largest absolute Gasteiger partial charge is 0.711 e. The van der Waals surface area contributed by atoms with Gasteiger partial charge in [-0.3, -0.25) is 0 Å². The molecule has 116 valence electrons. The molecule has 0 aliphatic carbocycles. The van der Waals surface area contributed by atoms with Crippen molar-refractivity contribution < 1.29 is 14.3 Å². The molecule has 3 rings (SSSR count).